The maximum Gasteiger partial charge on any atom is 0.303 e. The van der Waals surface area contributed by atoms with Crippen molar-refractivity contribution in [1.82, 2.24) is 0 Å². The molecule has 1 aliphatic carbocycles. The molecule has 3 atom stereocenters. The molecule has 3 heteroatoms. The van der Waals surface area contributed by atoms with Gasteiger partial charge in [-0.1, -0.05) is 43.2 Å². The van der Waals surface area contributed by atoms with Gasteiger partial charge in [-0.25, -0.2) is 0 Å². The van der Waals surface area contributed by atoms with Crippen LogP contribution in [0.25, 0.3) is 0 Å². The van der Waals surface area contributed by atoms with Crippen molar-refractivity contribution in [1.29, 1.82) is 0 Å². The van der Waals surface area contributed by atoms with Crippen LogP contribution in [0.4, 0.5) is 0 Å². The minimum absolute atomic E-state index is 0.0510. The zero-order chi connectivity index (χ0) is 18.6. The number of carbonyl (C=O) groups excluding carboxylic acids is 1. The number of rotatable bonds is 2. The highest BCUT2D eigenvalue weighted by Gasteiger charge is 2.50. The minimum atomic E-state index is -0.215. The molecule has 0 aromatic heterocycles. The van der Waals surface area contributed by atoms with E-state index < -0.39 is 0 Å². The van der Waals surface area contributed by atoms with Crippen molar-refractivity contribution < 1.29 is 14.3 Å². The second-order valence-electron chi connectivity index (χ2n) is 8.18. The van der Waals surface area contributed by atoms with E-state index in [2.05, 4.69) is 52.8 Å². The SMILES string of the molecule is CC(=O)O[C@H]1C/C(C)=C/CC[C@@]2(C)O[C@@H]2CC/C(C)=C/C=C\1C(C)C. The highest BCUT2D eigenvalue weighted by atomic mass is 16.6. The van der Waals surface area contributed by atoms with Crippen molar-refractivity contribution >= 4 is 5.97 Å². The highest BCUT2D eigenvalue weighted by molar-refractivity contribution is 5.66. The molecule has 25 heavy (non-hydrogen) atoms. The number of ether oxygens (including phenoxy) is 2. The normalized spacial score (nSPS) is 37.5. The molecule has 0 saturated carbocycles. The summed E-state index contributed by atoms with van der Waals surface area (Å²) in [6.07, 6.45) is 11.8. The number of esters is 1. The van der Waals surface area contributed by atoms with Gasteiger partial charge in [-0.2, -0.15) is 0 Å². The Hall–Kier alpha value is -1.35. The van der Waals surface area contributed by atoms with Crippen LogP contribution in [0, 0.1) is 5.92 Å². The first-order valence-electron chi connectivity index (χ1n) is 9.59. The van der Waals surface area contributed by atoms with E-state index in [1.807, 2.05) is 0 Å². The zero-order valence-corrected chi connectivity index (χ0v) is 16.7. The predicted octanol–water partition coefficient (Wildman–Crippen LogP) is 5.51. The maximum absolute atomic E-state index is 11.6. The van der Waals surface area contributed by atoms with E-state index in [-0.39, 0.29) is 17.7 Å². The van der Waals surface area contributed by atoms with Gasteiger partial charge in [-0.05, 0) is 57.9 Å². The Bertz CT molecular complexity index is 582. The lowest BCUT2D eigenvalue weighted by atomic mass is 9.90. The van der Waals surface area contributed by atoms with Crippen molar-refractivity contribution in [2.24, 2.45) is 5.92 Å². The summed E-state index contributed by atoms with van der Waals surface area (Å²) in [7, 11) is 0. The molecule has 140 valence electrons. The second-order valence-corrected chi connectivity index (χ2v) is 8.18. The number of hydrogen-bond acceptors (Lipinski definition) is 3. The van der Waals surface area contributed by atoms with E-state index in [0.717, 1.165) is 32.1 Å². The smallest absolute Gasteiger partial charge is 0.303 e. The Balaban J connectivity index is 2.28. The van der Waals surface area contributed by atoms with E-state index >= 15 is 0 Å². The summed E-state index contributed by atoms with van der Waals surface area (Å²) in [5, 5.41) is 0. The third-order valence-corrected chi connectivity index (χ3v) is 5.38. The Morgan fingerprint density at radius 1 is 1.28 bits per heavy atom. The Morgan fingerprint density at radius 2 is 2.00 bits per heavy atom. The van der Waals surface area contributed by atoms with E-state index in [1.54, 1.807) is 0 Å². The molecule has 1 heterocycles. The molecule has 1 aliphatic heterocycles. The first kappa shape index (κ1) is 20.0. The first-order chi connectivity index (χ1) is 11.7. The molecule has 0 unspecified atom stereocenters. The molecule has 0 amide bonds. The Labute approximate surface area is 153 Å². The van der Waals surface area contributed by atoms with Crippen LogP contribution in [0.15, 0.2) is 34.9 Å². The van der Waals surface area contributed by atoms with Gasteiger partial charge in [-0.3, -0.25) is 4.79 Å². The Morgan fingerprint density at radius 3 is 2.64 bits per heavy atom. The van der Waals surface area contributed by atoms with Gasteiger partial charge >= 0.3 is 5.97 Å². The molecule has 0 N–H and O–H groups in total. The number of fused-ring (bicyclic) bond motifs is 1. The van der Waals surface area contributed by atoms with Crippen LogP contribution in [-0.4, -0.2) is 23.8 Å². The molecule has 0 radical (unpaired) electrons. The van der Waals surface area contributed by atoms with Crippen LogP contribution in [-0.2, 0) is 14.3 Å². The number of allylic oxidation sites excluding steroid dienone is 4. The summed E-state index contributed by atoms with van der Waals surface area (Å²) in [4.78, 5) is 11.6. The third-order valence-electron chi connectivity index (χ3n) is 5.38. The topological polar surface area (TPSA) is 38.8 Å². The van der Waals surface area contributed by atoms with Gasteiger partial charge in [0.2, 0.25) is 0 Å². The van der Waals surface area contributed by atoms with Crippen molar-refractivity contribution in [2.45, 2.75) is 91.5 Å². The molecule has 1 saturated heterocycles. The number of carbonyl (C=O) groups is 1. The van der Waals surface area contributed by atoms with Crippen molar-refractivity contribution in [2.75, 3.05) is 0 Å². The molecular formula is C22H34O3. The fourth-order valence-electron chi connectivity index (χ4n) is 3.64. The van der Waals surface area contributed by atoms with Crippen LogP contribution >= 0.6 is 0 Å². The van der Waals surface area contributed by atoms with Crippen molar-refractivity contribution in [3.63, 3.8) is 0 Å². The standard InChI is InChI=1S/C22H34O3/c1-15(2)19-11-9-16(3)10-12-21-22(6,25-21)13-7-8-17(4)14-20(19)24-18(5)23/h8-9,11,15,20-21H,7,10,12-14H2,1-6H3/b16-9+,17-8+,19-11-/t20-,21+,22+/m0/s1. The fourth-order valence-corrected chi connectivity index (χ4v) is 3.64. The van der Waals surface area contributed by atoms with E-state index in [9.17, 15) is 4.79 Å². The van der Waals surface area contributed by atoms with Crippen molar-refractivity contribution in [3.8, 4) is 0 Å². The monoisotopic (exact) mass is 346 g/mol. The van der Waals surface area contributed by atoms with Gasteiger partial charge in [0.05, 0.1) is 11.7 Å². The quantitative estimate of drug-likeness (QED) is 0.376. The summed E-state index contributed by atoms with van der Waals surface area (Å²) in [6, 6.07) is 0. The lowest BCUT2D eigenvalue weighted by Gasteiger charge is -2.23. The third kappa shape index (κ3) is 5.85. The molecule has 0 bridgehead atoms. The van der Waals surface area contributed by atoms with Gasteiger partial charge in [0.1, 0.15) is 6.10 Å². The van der Waals surface area contributed by atoms with Crippen molar-refractivity contribution in [3.05, 3.63) is 34.9 Å². The molecule has 2 aliphatic rings. The highest BCUT2D eigenvalue weighted by Crippen LogP contribution is 2.43. The predicted molar refractivity (Wildman–Crippen MR) is 102 cm³/mol. The van der Waals surface area contributed by atoms with Crippen LogP contribution in [0.2, 0.25) is 0 Å². The molecule has 0 spiro atoms. The molecule has 2 rings (SSSR count). The fraction of sp³-hybridized carbons (Fsp3) is 0.682. The molecule has 3 nitrogen and oxygen atoms in total. The van der Waals surface area contributed by atoms with Crippen LogP contribution in [0.3, 0.4) is 0 Å². The lowest BCUT2D eigenvalue weighted by molar-refractivity contribution is -0.144. The number of epoxide rings is 1. The zero-order valence-electron chi connectivity index (χ0n) is 16.7. The number of hydrogen-bond donors (Lipinski definition) is 0. The van der Waals surface area contributed by atoms with E-state index in [0.29, 0.717) is 12.0 Å². The summed E-state index contributed by atoms with van der Waals surface area (Å²) < 4.78 is 11.6. The second kappa shape index (κ2) is 8.35. The van der Waals surface area contributed by atoms with Crippen LogP contribution < -0.4 is 0 Å². The van der Waals surface area contributed by atoms with E-state index in [1.165, 1.54) is 23.6 Å². The summed E-state index contributed by atoms with van der Waals surface area (Å²) in [5.74, 6) is 0.122. The summed E-state index contributed by atoms with van der Waals surface area (Å²) in [6.45, 7) is 12.4. The molecule has 0 aromatic rings. The first-order valence-corrected chi connectivity index (χ1v) is 9.59. The lowest BCUT2D eigenvalue weighted by Crippen LogP contribution is -2.22. The van der Waals surface area contributed by atoms with Gasteiger partial charge in [0.15, 0.2) is 0 Å². The maximum atomic E-state index is 11.6. The average Bonchev–Trinajstić information content (AvgIpc) is 3.14. The minimum Gasteiger partial charge on any atom is -0.458 e. The van der Waals surface area contributed by atoms with Gasteiger partial charge in [0, 0.05) is 13.3 Å². The van der Waals surface area contributed by atoms with Crippen LogP contribution in [0.1, 0.15) is 73.6 Å². The summed E-state index contributed by atoms with van der Waals surface area (Å²) >= 11 is 0. The van der Waals surface area contributed by atoms with Gasteiger partial charge in [-0.15, -0.1) is 0 Å². The molecule has 0 aromatic carbocycles. The average molecular weight is 347 g/mol. The Kier molecular flexibility index (Phi) is 6.67. The largest absolute Gasteiger partial charge is 0.458 e. The molecular weight excluding hydrogens is 312 g/mol. The van der Waals surface area contributed by atoms with E-state index in [4.69, 9.17) is 9.47 Å². The van der Waals surface area contributed by atoms with Crippen LogP contribution in [0.5, 0.6) is 0 Å². The van der Waals surface area contributed by atoms with Gasteiger partial charge < -0.3 is 9.47 Å². The van der Waals surface area contributed by atoms with Gasteiger partial charge in [0.25, 0.3) is 0 Å². The molecule has 1 fully saturated rings. The summed E-state index contributed by atoms with van der Waals surface area (Å²) in [5.41, 5.74) is 3.86.